The van der Waals surface area contributed by atoms with Crippen molar-refractivity contribution in [2.24, 2.45) is 0 Å². The molecule has 8 heteroatoms. The number of carbonyl (C=O) groups is 1. The van der Waals surface area contributed by atoms with E-state index in [4.69, 9.17) is 5.11 Å². The van der Waals surface area contributed by atoms with Gasteiger partial charge in [-0.1, -0.05) is 6.07 Å². The molecule has 0 fully saturated rings. The molecule has 2 aromatic rings. The summed E-state index contributed by atoms with van der Waals surface area (Å²) in [5, 5.41) is 12.5. The van der Waals surface area contributed by atoms with Crippen LogP contribution in [0.4, 0.5) is 14.6 Å². The number of unbranched alkanes of at least 4 members (excludes halogenated alkanes) is 1. The summed E-state index contributed by atoms with van der Waals surface area (Å²) in [5.41, 5.74) is 2.57. The number of anilines is 1. The number of nitrogens with zero attached hydrogens (tertiary/aromatic N) is 3. The summed E-state index contributed by atoms with van der Waals surface area (Å²) in [4.78, 5) is 23.9. The number of aryl methyl sites for hydroxylation is 3. The summed E-state index contributed by atoms with van der Waals surface area (Å²) >= 11 is 0. The molecule has 0 aliphatic carbocycles. The molecule has 168 valence electrons. The standard InChI is InChI=1S/C23H30F2N4O2/c1-16-27-14-19(15-28-16)18(12-21(30)31)13-23(24,25)10-4-2-7-20-9-8-17-6-3-5-11-26-22(17)29-20/h8-9,14-15,18H,2-7,10-13H2,1H3,(H,26,29)(H,30,31). The fraction of sp³-hybridized carbons (Fsp3) is 0.565. The minimum absolute atomic E-state index is 0.279. The van der Waals surface area contributed by atoms with Crippen molar-refractivity contribution in [3.05, 3.63) is 47.2 Å². The Balaban J connectivity index is 1.52. The van der Waals surface area contributed by atoms with E-state index in [-0.39, 0.29) is 12.8 Å². The van der Waals surface area contributed by atoms with Crippen molar-refractivity contribution in [3.63, 3.8) is 0 Å². The Bertz CT molecular complexity index is 874. The van der Waals surface area contributed by atoms with Crippen LogP contribution in [0.5, 0.6) is 0 Å². The van der Waals surface area contributed by atoms with Gasteiger partial charge in [-0.15, -0.1) is 0 Å². The zero-order chi connectivity index (χ0) is 22.3. The van der Waals surface area contributed by atoms with Gasteiger partial charge in [-0.05, 0) is 62.6 Å². The average molecular weight is 433 g/mol. The van der Waals surface area contributed by atoms with Crippen molar-refractivity contribution in [2.45, 2.75) is 76.6 Å². The molecule has 3 heterocycles. The minimum Gasteiger partial charge on any atom is -0.481 e. The number of hydrogen-bond acceptors (Lipinski definition) is 5. The zero-order valence-corrected chi connectivity index (χ0v) is 17.9. The monoisotopic (exact) mass is 432 g/mol. The Labute approximate surface area is 181 Å². The van der Waals surface area contributed by atoms with Crippen LogP contribution in [-0.2, 0) is 17.6 Å². The minimum atomic E-state index is -2.95. The molecular formula is C23H30F2N4O2. The molecule has 1 aliphatic rings. The normalized spacial score (nSPS) is 14.9. The maximum atomic E-state index is 14.6. The molecule has 0 saturated carbocycles. The fourth-order valence-corrected chi connectivity index (χ4v) is 3.95. The highest BCUT2D eigenvalue weighted by Crippen LogP contribution is 2.35. The molecule has 2 N–H and O–H groups in total. The van der Waals surface area contributed by atoms with Gasteiger partial charge in [-0.3, -0.25) is 4.79 Å². The number of carboxylic acids is 1. The van der Waals surface area contributed by atoms with Gasteiger partial charge in [-0.2, -0.15) is 0 Å². The number of aliphatic carboxylic acids is 1. The molecule has 0 aromatic carbocycles. The highest BCUT2D eigenvalue weighted by Gasteiger charge is 2.34. The van der Waals surface area contributed by atoms with Crippen molar-refractivity contribution in [2.75, 3.05) is 11.9 Å². The summed E-state index contributed by atoms with van der Waals surface area (Å²) in [6.45, 7) is 2.61. The summed E-state index contributed by atoms with van der Waals surface area (Å²) in [6, 6.07) is 4.08. The smallest absolute Gasteiger partial charge is 0.303 e. The number of carboxylic acid groups (broad SMARTS) is 1. The molecule has 0 spiro atoms. The van der Waals surface area contributed by atoms with Gasteiger partial charge in [0, 0.05) is 43.4 Å². The van der Waals surface area contributed by atoms with E-state index < -0.39 is 24.2 Å². The first-order chi connectivity index (χ1) is 14.8. The molecular weight excluding hydrogens is 402 g/mol. The van der Waals surface area contributed by atoms with Gasteiger partial charge in [0.1, 0.15) is 11.6 Å². The number of fused-ring (bicyclic) bond motifs is 1. The lowest BCUT2D eigenvalue weighted by atomic mass is 9.89. The van der Waals surface area contributed by atoms with Crippen molar-refractivity contribution in [3.8, 4) is 0 Å². The van der Waals surface area contributed by atoms with E-state index in [1.807, 2.05) is 6.07 Å². The van der Waals surface area contributed by atoms with Crippen LogP contribution in [0.3, 0.4) is 0 Å². The fourth-order valence-electron chi connectivity index (χ4n) is 3.95. The molecule has 6 nitrogen and oxygen atoms in total. The molecule has 1 unspecified atom stereocenters. The maximum Gasteiger partial charge on any atom is 0.303 e. The Hall–Kier alpha value is -2.64. The van der Waals surface area contributed by atoms with Crippen LogP contribution in [0, 0.1) is 6.92 Å². The first-order valence-corrected chi connectivity index (χ1v) is 10.9. The number of nitrogens with one attached hydrogen (secondary N) is 1. The summed E-state index contributed by atoms with van der Waals surface area (Å²) in [6.07, 6.45) is 6.63. The number of aromatic nitrogens is 3. The van der Waals surface area contributed by atoms with Gasteiger partial charge < -0.3 is 10.4 Å². The maximum absolute atomic E-state index is 14.6. The Kier molecular flexibility index (Phi) is 7.87. The van der Waals surface area contributed by atoms with Gasteiger partial charge in [-0.25, -0.2) is 23.7 Å². The zero-order valence-electron chi connectivity index (χ0n) is 17.9. The highest BCUT2D eigenvalue weighted by atomic mass is 19.3. The van der Waals surface area contributed by atoms with Crippen molar-refractivity contribution in [1.29, 1.82) is 0 Å². The van der Waals surface area contributed by atoms with E-state index in [0.717, 1.165) is 37.3 Å². The lowest BCUT2D eigenvalue weighted by molar-refractivity contribution is -0.138. The van der Waals surface area contributed by atoms with Crippen molar-refractivity contribution < 1.29 is 18.7 Å². The first-order valence-electron chi connectivity index (χ1n) is 10.9. The molecule has 0 amide bonds. The number of alkyl halides is 2. The average Bonchev–Trinajstić information content (AvgIpc) is 2.96. The largest absolute Gasteiger partial charge is 0.481 e. The van der Waals surface area contributed by atoms with E-state index in [0.29, 0.717) is 30.7 Å². The van der Waals surface area contributed by atoms with Crippen LogP contribution in [0.25, 0.3) is 0 Å². The van der Waals surface area contributed by atoms with Gasteiger partial charge in [0.05, 0.1) is 6.42 Å². The Morgan fingerprint density at radius 3 is 2.74 bits per heavy atom. The van der Waals surface area contributed by atoms with E-state index in [1.54, 1.807) is 6.92 Å². The predicted octanol–water partition coefficient (Wildman–Crippen LogP) is 4.92. The predicted molar refractivity (Wildman–Crippen MR) is 115 cm³/mol. The van der Waals surface area contributed by atoms with Gasteiger partial charge in [0.15, 0.2) is 0 Å². The SMILES string of the molecule is Cc1ncc(C(CC(=O)O)CC(F)(F)CCCCc2ccc3c(n2)NCCCC3)cn1. The van der Waals surface area contributed by atoms with E-state index >= 15 is 0 Å². The third-order valence-corrected chi connectivity index (χ3v) is 5.67. The van der Waals surface area contributed by atoms with Crippen LogP contribution in [0.15, 0.2) is 24.5 Å². The summed E-state index contributed by atoms with van der Waals surface area (Å²) in [7, 11) is 0. The molecule has 0 saturated heterocycles. The van der Waals surface area contributed by atoms with Crippen LogP contribution >= 0.6 is 0 Å². The van der Waals surface area contributed by atoms with Gasteiger partial charge >= 0.3 is 5.97 Å². The third kappa shape index (κ3) is 7.22. The molecule has 3 rings (SSSR count). The second-order valence-electron chi connectivity index (χ2n) is 8.32. The van der Waals surface area contributed by atoms with Gasteiger partial charge in [0.2, 0.25) is 5.92 Å². The van der Waals surface area contributed by atoms with Crippen LogP contribution in [0.2, 0.25) is 0 Å². The van der Waals surface area contributed by atoms with Crippen molar-refractivity contribution in [1.82, 2.24) is 15.0 Å². The van der Waals surface area contributed by atoms with Crippen LogP contribution in [0.1, 0.15) is 73.5 Å². The third-order valence-electron chi connectivity index (χ3n) is 5.67. The Morgan fingerprint density at radius 1 is 1.23 bits per heavy atom. The molecule has 31 heavy (non-hydrogen) atoms. The molecule has 2 aromatic heterocycles. The second kappa shape index (κ2) is 10.6. The Morgan fingerprint density at radius 2 is 2.00 bits per heavy atom. The molecule has 1 atom stereocenters. The summed E-state index contributed by atoms with van der Waals surface area (Å²) < 4.78 is 29.3. The van der Waals surface area contributed by atoms with Crippen LogP contribution in [-0.4, -0.2) is 38.5 Å². The number of pyridine rings is 1. The molecule has 0 radical (unpaired) electrons. The van der Waals surface area contributed by atoms with E-state index in [9.17, 15) is 13.6 Å². The number of hydrogen-bond donors (Lipinski definition) is 2. The topological polar surface area (TPSA) is 88.0 Å². The lowest BCUT2D eigenvalue weighted by Crippen LogP contribution is -2.22. The number of halogens is 2. The van der Waals surface area contributed by atoms with Crippen LogP contribution < -0.4 is 5.32 Å². The first kappa shape index (κ1) is 23.0. The molecule has 1 aliphatic heterocycles. The second-order valence-corrected chi connectivity index (χ2v) is 8.32. The highest BCUT2D eigenvalue weighted by molar-refractivity contribution is 5.68. The quantitative estimate of drug-likeness (QED) is 0.518. The lowest BCUT2D eigenvalue weighted by Gasteiger charge is -2.22. The van der Waals surface area contributed by atoms with E-state index in [1.165, 1.54) is 18.0 Å². The number of rotatable bonds is 10. The van der Waals surface area contributed by atoms with Gasteiger partial charge in [0.25, 0.3) is 0 Å². The summed E-state index contributed by atoms with van der Waals surface area (Å²) in [5.74, 6) is -3.42. The van der Waals surface area contributed by atoms with Crippen molar-refractivity contribution >= 4 is 11.8 Å². The molecule has 0 bridgehead atoms. The van der Waals surface area contributed by atoms with E-state index in [2.05, 4.69) is 26.3 Å².